The SMILES string of the molecule is CC(C)(C)OC(=O)NC(CN1CCC=C(Br)C1)C(=O)N1CCCCN1. The number of nitrogens with zero attached hydrogens (tertiary/aromatic N) is 2. The fourth-order valence-corrected chi connectivity index (χ4v) is 3.46. The molecule has 2 N–H and O–H groups in total. The van der Waals surface area contributed by atoms with E-state index in [0.717, 1.165) is 43.4 Å². The third kappa shape index (κ3) is 6.95. The topological polar surface area (TPSA) is 73.9 Å². The number of hydrogen-bond acceptors (Lipinski definition) is 5. The van der Waals surface area contributed by atoms with Crippen LogP contribution in [0.25, 0.3) is 0 Å². The summed E-state index contributed by atoms with van der Waals surface area (Å²) in [6, 6.07) is -0.640. The van der Waals surface area contributed by atoms with Crippen LogP contribution in [-0.2, 0) is 9.53 Å². The summed E-state index contributed by atoms with van der Waals surface area (Å²) in [7, 11) is 0. The highest BCUT2D eigenvalue weighted by Gasteiger charge is 2.31. The van der Waals surface area contributed by atoms with Gasteiger partial charge in [-0.1, -0.05) is 22.0 Å². The van der Waals surface area contributed by atoms with E-state index in [4.69, 9.17) is 4.74 Å². The largest absolute Gasteiger partial charge is 0.444 e. The Morgan fingerprint density at radius 3 is 2.72 bits per heavy atom. The van der Waals surface area contributed by atoms with Gasteiger partial charge in [0.05, 0.1) is 0 Å². The van der Waals surface area contributed by atoms with Gasteiger partial charge in [0.2, 0.25) is 0 Å². The van der Waals surface area contributed by atoms with Crippen molar-refractivity contribution in [3.8, 4) is 0 Å². The maximum absolute atomic E-state index is 12.9. The second-order valence-electron chi connectivity index (χ2n) is 7.48. The van der Waals surface area contributed by atoms with Gasteiger partial charge in [0.1, 0.15) is 11.6 Å². The molecule has 0 spiro atoms. The number of nitrogens with one attached hydrogen (secondary N) is 2. The zero-order chi connectivity index (χ0) is 18.4. The number of hydrogen-bond donors (Lipinski definition) is 2. The molecule has 1 fully saturated rings. The molecule has 0 aromatic rings. The van der Waals surface area contributed by atoms with Crippen LogP contribution in [0.2, 0.25) is 0 Å². The van der Waals surface area contributed by atoms with E-state index >= 15 is 0 Å². The summed E-state index contributed by atoms with van der Waals surface area (Å²) >= 11 is 3.52. The van der Waals surface area contributed by atoms with Crippen LogP contribution in [0.3, 0.4) is 0 Å². The molecule has 7 nitrogen and oxygen atoms in total. The summed E-state index contributed by atoms with van der Waals surface area (Å²) < 4.78 is 6.45. The van der Waals surface area contributed by atoms with Gasteiger partial charge in [-0.05, 0) is 40.0 Å². The van der Waals surface area contributed by atoms with Gasteiger partial charge < -0.3 is 10.1 Å². The van der Waals surface area contributed by atoms with Crippen molar-refractivity contribution < 1.29 is 14.3 Å². The van der Waals surface area contributed by atoms with E-state index in [0.29, 0.717) is 13.1 Å². The zero-order valence-corrected chi connectivity index (χ0v) is 16.9. The minimum Gasteiger partial charge on any atom is -0.444 e. The molecular formula is C17H29BrN4O3. The highest BCUT2D eigenvalue weighted by Crippen LogP contribution is 2.16. The number of carbonyl (C=O) groups excluding carboxylic acids is 2. The van der Waals surface area contributed by atoms with E-state index in [1.807, 2.05) is 20.8 Å². The van der Waals surface area contributed by atoms with Gasteiger partial charge in [-0.25, -0.2) is 10.2 Å². The molecule has 0 bridgehead atoms. The number of halogens is 1. The lowest BCUT2D eigenvalue weighted by atomic mass is 10.1. The quantitative estimate of drug-likeness (QED) is 0.732. The first-order valence-electron chi connectivity index (χ1n) is 8.86. The molecule has 0 aliphatic carbocycles. The normalized spacial score (nSPS) is 20.6. The lowest BCUT2D eigenvalue weighted by Gasteiger charge is -2.34. The van der Waals surface area contributed by atoms with Crippen LogP contribution in [0.4, 0.5) is 4.79 Å². The standard InChI is InChI=1S/C17H29BrN4O3/c1-17(2,3)25-16(24)20-14(12-21-9-6-7-13(18)11-21)15(23)22-10-5-4-8-19-22/h7,14,19H,4-6,8-12H2,1-3H3,(H,20,24). The Morgan fingerprint density at radius 2 is 2.12 bits per heavy atom. The van der Waals surface area contributed by atoms with Gasteiger partial charge in [0, 0.05) is 37.2 Å². The van der Waals surface area contributed by atoms with Crippen molar-refractivity contribution >= 4 is 27.9 Å². The highest BCUT2D eigenvalue weighted by atomic mass is 79.9. The van der Waals surface area contributed by atoms with Crippen LogP contribution in [0.15, 0.2) is 10.6 Å². The Kier molecular flexibility index (Phi) is 7.27. The summed E-state index contributed by atoms with van der Waals surface area (Å²) in [4.78, 5) is 27.3. The Bertz CT molecular complexity index is 513. The molecule has 2 heterocycles. The molecule has 142 valence electrons. The van der Waals surface area contributed by atoms with Crippen LogP contribution >= 0.6 is 15.9 Å². The van der Waals surface area contributed by atoms with Gasteiger partial charge >= 0.3 is 6.09 Å². The summed E-state index contributed by atoms with van der Waals surface area (Å²) in [6.07, 6.45) is 4.53. The number of ether oxygens (including phenoxy) is 1. The van der Waals surface area contributed by atoms with Gasteiger partial charge in [-0.3, -0.25) is 14.7 Å². The maximum Gasteiger partial charge on any atom is 0.408 e. The third-order valence-corrected chi connectivity index (χ3v) is 4.57. The van der Waals surface area contributed by atoms with Gasteiger partial charge in [-0.15, -0.1) is 0 Å². The molecule has 1 atom stereocenters. The Labute approximate surface area is 158 Å². The first-order chi connectivity index (χ1) is 11.7. The molecule has 1 unspecified atom stereocenters. The average Bonchev–Trinajstić information content (AvgIpc) is 2.52. The van der Waals surface area contributed by atoms with E-state index in [1.165, 1.54) is 0 Å². The second-order valence-corrected chi connectivity index (χ2v) is 8.50. The zero-order valence-electron chi connectivity index (χ0n) is 15.3. The number of alkyl carbamates (subject to hydrolysis) is 1. The first kappa shape index (κ1) is 20.2. The Hall–Kier alpha value is -1.12. The molecule has 0 aromatic carbocycles. The van der Waals surface area contributed by atoms with Crippen LogP contribution in [0.1, 0.15) is 40.0 Å². The molecule has 25 heavy (non-hydrogen) atoms. The van der Waals surface area contributed by atoms with Crippen molar-refractivity contribution in [3.05, 3.63) is 10.6 Å². The maximum atomic E-state index is 12.9. The van der Waals surface area contributed by atoms with Gasteiger partial charge in [-0.2, -0.15) is 0 Å². The summed E-state index contributed by atoms with van der Waals surface area (Å²) in [5.41, 5.74) is 2.52. The second kappa shape index (κ2) is 9.00. The first-order valence-corrected chi connectivity index (χ1v) is 9.65. The van der Waals surface area contributed by atoms with Crippen molar-refractivity contribution in [1.82, 2.24) is 20.7 Å². The number of amides is 2. The van der Waals surface area contributed by atoms with Crippen LogP contribution < -0.4 is 10.7 Å². The predicted molar refractivity (Wildman–Crippen MR) is 100 cm³/mol. The van der Waals surface area contributed by atoms with Crippen LogP contribution in [0.5, 0.6) is 0 Å². The molecule has 2 aliphatic rings. The van der Waals surface area contributed by atoms with Gasteiger partial charge in [0.15, 0.2) is 0 Å². The van der Waals surface area contributed by atoms with Crippen LogP contribution in [-0.4, -0.2) is 66.3 Å². The monoisotopic (exact) mass is 416 g/mol. The number of hydrazine groups is 1. The lowest BCUT2D eigenvalue weighted by molar-refractivity contribution is -0.138. The lowest BCUT2D eigenvalue weighted by Crippen LogP contribution is -2.59. The van der Waals surface area contributed by atoms with Crippen molar-refractivity contribution in [2.75, 3.05) is 32.7 Å². The van der Waals surface area contributed by atoms with Crippen molar-refractivity contribution in [2.24, 2.45) is 0 Å². The molecule has 8 heteroatoms. The molecular weight excluding hydrogens is 388 g/mol. The van der Waals surface area contributed by atoms with Gasteiger partial charge in [0.25, 0.3) is 5.91 Å². The molecule has 0 radical (unpaired) electrons. The number of rotatable bonds is 4. The molecule has 2 amide bonds. The molecule has 0 saturated carbocycles. The Morgan fingerprint density at radius 1 is 1.36 bits per heavy atom. The molecule has 2 aliphatic heterocycles. The fourth-order valence-electron chi connectivity index (χ4n) is 2.87. The minimum absolute atomic E-state index is 0.115. The minimum atomic E-state index is -0.640. The van der Waals surface area contributed by atoms with Crippen molar-refractivity contribution in [3.63, 3.8) is 0 Å². The fraction of sp³-hybridized carbons (Fsp3) is 0.765. The summed E-state index contributed by atoms with van der Waals surface area (Å²) in [5, 5.41) is 4.39. The smallest absolute Gasteiger partial charge is 0.408 e. The molecule has 1 saturated heterocycles. The van der Waals surface area contributed by atoms with E-state index < -0.39 is 17.7 Å². The predicted octanol–water partition coefficient (Wildman–Crippen LogP) is 1.99. The third-order valence-electron chi connectivity index (χ3n) is 3.99. The number of carbonyl (C=O) groups is 2. The molecule has 0 aromatic heterocycles. The van der Waals surface area contributed by atoms with Crippen LogP contribution in [0, 0.1) is 0 Å². The summed E-state index contributed by atoms with van der Waals surface area (Å²) in [6.45, 7) is 8.93. The van der Waals surface area contributed by atoms with E-state index in [2.05, 4.69) is 37.6 Å². The van der Waals surface area contributed by atoms with Crippen molar-refractivity contribution in [2.45, 2.75) is 51.7 Å². The van der Waals surface area contributed by atoms with E-state index in [1.54, 1.807) is 5.01 Å². The summed E-state index contributed by atoms with van der Waals surface area (Å²) in [5.74, 6) is -0.115. The van der Waals surface area contributed by atoms with Crippen molar-refractivity contribution in [1.29, 1.82) is 0 Å². The van der Waals surface area contributed by atoms with E-state index in [9.17, 15) is 9.59 Å². The van der Waals surface area contributed by atoms with E-state index in [-0.39, 0.29) is 5.91 Å². The molecule has 2 rings (SSSR count). The average molecular weight is 417 g/mol. The Balaban J connectivity index is 2.02. The highest BCUT2D eigenvalue weighted by molar-refractivity contribution is 9.11.